The zero-order valence-corrected chi connectivity index (χ0v) is 12.3. The first-order chi connectivity index (χ1) is 9.26. The highest BCUT2D eigenvalue weighted by molar-refractivity contribution is 7.22. The molecular weight excluding hydrogens is 259 g/mol. The number of carbonyl (C=O) groups excluding carboxylic acids is 1. The maximum Gasteiger partial charge on any atom is 0.306 e. The fourth-order valence-electron chi connectivity index (χ4n) is 1.44. The highest BCUT2D eigenvalue weighted by Gasteiger charge is 2.03. The Bertz CT molecular complexity index is 399. The summed E-state index contributed by atoms with van der Waals surface area (Å²) in [5, 5.41) is 0. The van der Waals surface area contributed by atoms with Gasteiger partial charge in [-0.25, -0.2) is 0 Å². The van der Waals surface area contributed by atoms with Gasteiger partial charge in [-0.15, -0.1) is 0 Å². The number of hydrogen-bond donors (Lipinski definition) is 0. The van der Waals surface area contributed by atoms with Crippen molar-refractivity contribution in [2.45, 2.75) is 45.2 Å². The molecule has 2 rings (SSSR count). The van der Waals surface area contributed by atoms with Crippen LogP contribution in [0, 0.1) is 0 Å². The molecule has 0 aliphatic heterocycles. The Morgan fingerprint density at radius 1 is 1.26 bits per heavy atom. The molecule has 0 radical (unpaired) electrons. The van der Waals surface area contributed by atoms with E-state index in [0.717, 1.165) is 11.1 Å². The molecule has 1 aromatic carbocycles. The molecule has 1 saturated carbocycles. The van der Waals surface area contributed by atoms with E-state index in [1.165, 1.54) is 19.3 Å². The lowest BCUT2D eigenvalue weighted by molar-refractivity contribution is -0.143. The molecular formula is C15H21O3P. The molecule has 1 fully saturated rings. The second-order valence-corrected chi connectivity index (χ2v) is 5.05. The standard InChI is InChI=1S/C12H15O3P.C3H6/c1-2-15-12(13)7-6-10-4-3-5-11(8-10)9-16-14;1-2-3-1/h3-5,8H,2,6-7,9H2,1H3;1-3H2. The number of rotatable bonds is 6. The molecule has 104 valence electrons. The average molecular weight is 280 g/mol. The number of hydrogen-bond acceptors (Lipinski definition) is 3. The van der Waals surface area contributed by atoms with Gasteiger partial charge in [0, 0.05) is 6.42 Å². The topological polar surface area (TPSA) is 43.4 Å². The Labute approximate surface area is 116 Å². The van der Waals surface area contributed by atoms with Crippen LogP contribution in [0.1, 0.15) is 43.7 Å². The highest BCUT2D eigenvalue weighted by Crippen LogP contribution is 2.15. The lowest BCUT2D eigenvalue weighted by atomic mass is 10.1. The maximum atomic E-state index is 11.2. The van der Waals surface area contributed by atoms with Crippen LogP contribution in [-0.4, -0.2) is 12.6 Å². The molecule has 0 aromatic heterocycles. The number of aryl methyl sites for hydroxylation is 1. The van der Waals surface area contributed by atoms with E-state index in [1.54, 1.807) is 6.92 Å². The normalized spacial score (nSPS) is 12.5. The predicted molar refractivity (Wildman–Crippen MR) is 76.6 cm³/mol. The summed E-state index contributed by atoms with van der Waals surface area (Å²) in [6, 6.07) is 7.79. The minimum Gasteiger partial charge on any atom is -0.466 e. The van der Waals surface area contributed by atoms with Crippen molar-refractivity contribution in [2.24, 2.45) is 0 Å². The van der Waals surface area contributed by atoms with Crippen molar-refractivity contribution in [3.05, 3.63) is 35.4 Å². The predicted octanol–water partition coefficient (Wildman–Crippen LogP) is 4.14. The summed E-state index contributed by atoms with van der Waals surface area (Å²) in [7, 11) is 0.121. The molecule has 0 spiro atoms. The van der Waals surface area contributed by atoms with Crippen molar-refractivity contribution in [3.63, 3.8) is 0 Å². The van der Waals surface area contributed by atoms with Crippen LogP contribution in [0.4, 0.5) is 0 Å². The van der Waals surface area contributed by atoms with Gasteiger partial charge in [-0.3, -0.25) is 9.36 Å². The Balaban J connectivity index is 0.000000524. The van der Waals surface area contributed by atoms with Crippen molar-refractivity contribution < 1.29 is 14.1 Å². The van der Waals surface area contributed by atoms with E-state index in [0.29, 0.717) is 25.6 Å². The third kappa shape index (κ3) is 8.50. The first-order valence-electron chi connectivity index (χ1n) is 6.78. The van der Waals surface area contributed by atoms with Crippen LogP contribution in [0.25, 0.3) is 0 Å². The Morgan fingerprint density at radius 3 is 2.53 bits per heavy atom. The molecule has 0 unspecified atom stereocenters. The zero-order chi connectivity index (χ0) is 13.9. The van der Waals surface area contributed by atoms with Crippen LogP contribution in [0.3, 0.4) is 0 Å². The lowest BCUT2D eigenvalue weighted by Crippen LogP contribution is -2.05. The van der Waals surface area contributed by atoms with Crippen molar-refractivity contribution in [1.82, 2.24) is 0 Å². The monoisotopic (exact) mass is 280 g/mol. The molecule has 1 aliphatic rings. The second kappa shape index (κ2) is 9.69. The van der Waals surface area contributed by atoms with Gasteiger partial charge in [0.25, 0.3) is 0 Å². The van der Waals surface area contributed by atoms with Gasteiger partial charge in [-0.2, -0.15) is 0 Å². The highest BCUT2D eigenvalue weighted by atomic mass is 31.1. The quantitative estimate of drug-likeness (QED) is 0.581. The van der Waals surface area contributed by atoms with E-state index in [9.17, 15) is 9.36 Å². The van der Waals surface area contributed by atoms with E-state index < -0.39 is 0 Å². The van der Waals surface area contributed by atoms with Gasteiger partial charge in [0.05, 0.1) is 12.8 Å². The van der Waals surface area contributed by atoms with Gasteiger partial charge in [-0.05, 0) is 24.5 Å². The molecule has 0 amide bonds. The Morgan fingerprint density at radius 2 is 1.95 bits per heavy atom. The van der Waals surface area contributed by atoms with Gasteiger partial charge in [0.1, 0.15) is 0 Å². The number of benzene rings is 1. The summed E-state index contributed by atoms with van der Waals surface area (Å²) in [5.41, 5.74) is 2.10. The summed E-state index contributed by atoms with van der Waals surface area (Å²) >= 11 is 0. The number of carbonyl (C=O) groups is 1. The van der Waals surface area contributed by atoms with Gasteiger partial charge in [0.2, 0.25) is 0 Å². The molecule has 1 aliphatic carbocycles. The van der Waals surface area contributed by atoms with Crippen molar-refractivity contribution in [1.29, 1.82) is 0 Å². The molecule has 1 aromatic rings. The molecule has 3 nitrogen and oxygen atoms in total. The van der Waals surface area contributed by atoms with E-state index in [4.69, 9.17) is 4.74 Å². The van der Waals surface area contributed by atoms with E-state index in [2.05, 4.69) is 0 Å². The Hall–Kier alpha value is -1.21. The fourth-order valence-corrected chi connectivity index (χ4v) is 1.78. The second-order valence-electron chi connectivity index (χ2n) is 4.47. The molecule has 0 atom stereocenters. The average Bonchev–Trinajstić information content (AvgIpc) is 3.26. The van der Waals surface area contributed by atoms with Crippen LogP contribution in [-0.2, 0) is 26.7 Å². The minimum atomic E-state index is -0.171. The Kier molecular flexibility index (Phi) is 8.08. The fraction of sp³-hybridized carbons (Fsp3) is 0.533. The molecule has 0 N–H and O–H groups in total. The summed E-state index contributed by atoms with van der Waals surface area (Å²) in [4.78, 5) is 11.2. The van der Waals surface area contributed by atoms with E-state index >= 15 is 0 Å². The smallest absolute Gasteiger partial charge is 0.306 e. The van der Waals surface area contributed by atoms with Crippen LogP contribution >= 0.6 is 8.46 Å². The maximum absolute atomic E-state index is 11.2. The molecule has 0 saturated heterocycles. The SMILES string of the molecule is C1CC1.CCOC(=O)CCc1cccc(CP=O)c1. The third-order valence-electron chi connectivity index (χ3n) is 2.52. The molecule has 19 heavy (non-hydrogen) atoms. The van der Waals surface area contributed by atoms with E-state index in [-0.39, 0.29) is 14.4 Å². The van der Waals surface area contributed by atoms with E-state index in [1.807, 2.05) is 24.3 Å². The molecule has 4 heteroatoms. The van der Waals surface area contributed by atoms with Gasteiger partial charge < -0.3 is 4.74 Å². The van der Waals surface area contributed by atoms with Gasteiger partial charge >= 0.3 is 5.97 Å². The summed E-state index contributed by atoms with van der Waals surface area (Å²) in [6.07, 6.45) is 6.09. The van der Waals surface area contributed by atoms with Crippen LogP contribution in [0.15, 0.2) is 24.3 Å². The summed E-state index contributed by atoms with van der Waals surface area (Å²) in [6.45, 7) is 2.22. The van der Waals surface area contributed by atoms with Crippen molar-refractivity contribution >= 4 is 14.4 Å². The lowest BCUT2D eigenvalue weighted by Gasteiger charge is -2.03. The number of esters is 1. The summed E-state index contributed by atoms with van der Waals surface area (Å²) in [5.74, 6) is -0.171. The van der Waals surface area contributed by atoms with Gasteiger partial charge in [0.15, 0.2) is 8.46 Å². The summed E-state index contributed by atoms with van der Waals surface area (Å²) < 4.78 is 15.3. The van der Waals surface area contributed by atoms with Crippen LogP contribution in [0.2, 0.25) is 0 Å². The van der Waals surface area contributed by atoms with Crippen LogP contribution in [0.5, 0.6) is 0 Å². The van der Waals surface area contributed by atoms with Crippen molar-refractivity contribution in [3.8, 4) is 0 Å². The number of ether oxygens (including phenoxy) is 1. The van der Waals surface area contributed by atoms with Crippen LogP contribution < -0.4 is 0 Å². The largest absolute Gasteiger partial charge is 0.466 e. The first-order valence-corrected chi connectivity index (χ1v) is 7.78. The minimum absolute atomic E-state index is 0.121. The zero-order valence-electron chi connectivity index (χ0n) is 11.4. The van der Waals surface area contributed by atoms with Crippen molar-refractivity contribution in [2.75, 3.05) is 6.61 Å². The molecule has 0 heterocycles. The van der Waals surface area contributed by atoms with Gasteiger partial charge in [-0.1, -0.05) is 43.5 Å². The third-order valence-corrected chi connectivity index (χ3v) is 3.01. The first kappa shape index (κ1) is 15.8. The molecule has 0 bridgehead atoms.